The average molecular weight is 340 g/mol. The molecule has 2 heterocycles. The summed E-state index contributed by atoms with van der Waals surface area (Å²) in [5, 5.41) is 6.77. The molecule has 1 aliphatic rings. The number of carbonyl (C=O) groups excluding carboxylic acids is 1. The molecule has 1 saturated heterocycles. The van der Waals surface area contributed by atoms with Gasteiger partial charge in [-0.3, -0.25) is 0 Å². The Morgan fingerprint density at radius 3 is 2.91 bits per heavy atom. The number of aromatic nitrogens is 1. The van der Waals surface area contributed by atoms with Crippen LogP contribution >= 0.6 is 11.3 Å². The lowest BCUT2D eigenvalue weighted by Gasteiger charge is -2.32. The topological polar surface area (TPSA) is 54.5 Å². The monoisotopic (exact) mass is 339 g/mol. The Bertz CT molecular complexity index is 524. The maximum absolute atomic E-state index is 12.3. The van der Waals surface area contributed by atoms with Crippen molar-refractivity contribution in [3.63, 3.8) is 0 Å². The third-order valence-corrected chi connectivity index (χ3v) is 4.84. The van der Waals surface area contributed by atoms with E-state index in [9.17, 15) is 4.79 Å². The van der Waals surface area contributed by atoms with Gasteiger partial charge in [-0.1, -0.05) is 0 Å². The molecule has 23 heavy (non-hydrogen) atoms. The van der Waals surface area contributed by atoms with Gasteiger partial charge in [0.15, 0.2) is 0 Å². The van der Waals surface area contributed by atoms with Crippen molar-refractivity contribution >= 4 is 17.4 Å². The lowest BCUT2D eigenvalue weighted by Crippen LogP contribution is -2.49. The van der Waals surface area contributed by atoms with Crippen LogP contribution in [0.4, 0.5) is 4.79 Å². The third kappa shape index (κ3) is 5.46. The van der Waals surface area contributed by atoms with E-state index in [1.165, 1.54) is 0 Å². The number of nitrogens with one attached hydrogen (secondary N) is 1. The van der Waals surface area contributed by atoms with Crippen molar-refractivity contribution in [2.75, 3.05) is 13.1 Å². The normalized spacial score (nSPS) is 19.9. The van der Waals surface area contributed by atoms with Gasteiger partial charge in [0.1, 0.15) is 5.60 Å². The predicted molar refractivity (Wildman–Crippen MR) is 94.0 cm³/mol. The zero-order chi connectivity index (χ0) is 17.0. The highest BCUT2D eigenvalue weighted by molar-refractivity contribution is 7.09. The lowest BCUT2D eigenvalue weighted by molar-refractivity contribution is 0.0201. The molecule has 1 N–H and O–H groups in total. The van der Waals surface area contributed by atoms with Crippen LogP contribution in [0.1, 0.15) is 51.2 Å². The van der Waals surface area contributed by atoms with Gasteiger partial charge < -0.3 is 15.0 Å². The first kappa shape index (κ1) is 18.2. The average Bonchev–Trinajstić information content (AvgIpc) is 3.05. The van der Waals surface area contributed by atoms with Crippen molar-refractivity contribution in [2.45, 2.75) is 71.6 Å². The van der Waals surface area contributed by atoms with Crippen molar-refractivity contribution in [1.29, 1.82) is 0 Å². The Hall–Kier alpha value is -1.14. The van der Waals surface area contributed by atoms with Crippen LogP contribution in [0.3, 0.4) is 0 Å². The number of hydrogen-bond donors (Lipinski definition) is 1. The molecule has 1 aliphatic heterocycles. The molecule has 1 aromatic rings. The second-order valence-electron chi connectivity index (χ2n) is 7.23. The first-order chi connectivity index (χ1) is 10.8. The van der Waals surface area contributed by atoms with Crippen LogP contribution in [-0.4, -0.2) is 46.8 Å². The van der Waals surface area contributed by atoms with Crippen molar-refractivity contribution < 1.29 is 9.53 Å². The van der Waals surface area contributed by atoms with Crippen LogP contribution in [0.2, 0.25) is 0 Å². The zero-order valence-electron chi connectivity index (χ0n) is 14.9. The summed E-state index contributed by atoms with van der Waals surface area (Å²) < 4.78 is 5.53. The summed E-state index contributed by atoms with van der Waals surface area (Å²) in [5.74, 6) is 0. The highest BCUT2D eigenvalue weighted by Gasteiger charge is 2.35. The van der Waals surface area contributed by atoms with Gasteiger partial charge in [-0.25, -0.2) is 9.78 Å². The van der Waals surface area contributed by atoms with Gasteiger partial charge in [0, 0.05) is 30.9 Å². The van der Waals surface area contributed by atoms with Crippen molar-refractivity contribution in [3.05, 3.63) is 16.1 Å². The summed E-state index contributed by atoms with van der Waals surface area (Å²) in [7, 11) is 0. The van der Waals surface area contributed by atoms with E-state index < -0.39 is 5.60 Å². The van der Waals surface area contributed by atoms with E-state index in [1.54, 1.807) is 11.3 Å². The van der Waals surface area contributed by atoms with Crippen molar-refractivity contribution in [3.8, 4) is 0 Å². The van der Waals surface area contributed by atoms with Crippen molar-refractivity contribution in [2.24, 2.45) is 0 Å². The van der Waals surface area contributed by atoms with E-state index in [1.807, 2.05) is 32.6 Å². The molecule has 1 fully saturated rings. The predicted octanol–water partition coefficient (Wildman–Crippen LogP) is 3.37. The number of ether oxygens (including phenoxy) is 1. The second-order valence-corrected chi connectivity index (χ2v) is 8.30. The van der Waals surface area contributed by atoms with Gasteiger partial charge in [0.05, 0.1) is 16.7 Å². The fourth-order valence-electron chi connectivity index (χ4n) is 2.95. The summed E-state index contributed by atoms with van der Waals surface area (Å²) in [5.41, 5.74) is 0.700. The quantitative estimate of drug-likeness (QED) is 0.893. The molecule has 130 valence electrons. The summed E-state index contributed by atoms with van der Waals surface area (Å²) >= 11 is 1.69. The molecule has 2 atom stereocenters. The third-order valence-electron chi connectivity index (χ3n) is 4.02. The first-order valence-corrected chi connectivity index (χ1v) is 9.28. The minimum Gasteiger partial charge on any atom is -0.444 e. The molecule has 0 aliphatic carbocycles. The molecule has 0 aromatic carbocycles. The second kappa shape index (κ2) is 7.62. The molecule has 0 unspecified atom stereocenters. The molecule has 0 spiro atoms. The number of likely N-dealkylation sites (tertiary alicyclic amines) is 1. The van der Waals surface area contributed by atoms with E-state index in [-0.39, 0.29) is 18.2 Å². The van der Waals surface area contributed by atoms with Gasteiger partial charge in [-0.2, -0.15) is 0 Å². The number of nitrogens with zero attached hydrogens (tertiary/aromatic N) is 2. The fourth-order valence-corrected chi connectivity index (χ4v) is 3.59. The van der Waals surface area contributed by atoms with Gasteiger partial charge in [0.25, 0.3) is 0 Å². The largest absolute Gasteiger partial charge is 0.444 e. The van der Waals surface area contributed by atoms with E-state index >= 15 is 0 Å². The number of aryl methyl sites for hydroxylation is 1. The molecule has 2 rings (SSSR count). The standard InChI is InChI=1S/C17H29N3O2S/c1-12(18-9-8-14-11-23-13(2)19-14)15-7-6-10-20(15)16(21)22-17(3,4)5/h11-12,15,18H,6-10H2,1-5H3/t12-,15-/m0/s1. The molecular formula is C17H29N3O2S. The number of hydrogen-bond acceptors (Lipinski definition) is 5. The number of rotatable bonds is 5. The smallest absolute Gasteiger partial charge is 0.410 e. The molecule has 0 bridgehead atoms. The Kier molecular flexibility index (Phi) is 6.03. The zero-order valence-corrected chi connectivity index (χ0v) is 15.7. The molecule has 1 aromatic heterocycles. The highest BCUT2D eigenvalue weighted by Crippen LogP contribution is 2.23. The summed E-state index contributed by atoms with van der Waals surface area (Å²) in [6, 6.07) is 0.465. The van der Waals surface area contributed by atoms with Crippen LogP contribution in [0.25, 0.3) is 0 Å². The summed E-state index contributed by atoms with van der Waals surface area (Å²) in [4.78, 5) is 18.7. The number of amides is 1. The summed E-state index contributed by atoms with van der Waals surface area (Å²) in [6.45, 7) is 11.6. The van der Waals surface area contributed by atoms with Crippen LogP contribution < -0.4 is 5.32 Å². The Labute approximate surface area is 143 Å². The number of thiazole rings is 1. The lowest BCUT2D eigenvalue weighted by atomic mass is 10.1. The molecule has 5 nitrogen and oxygen atoms in total. The van der Waals surface area contributed by atoms with E-state index in [0.29, 0.717) is 0 Å². The van der Waals surface area contributed by atoms with Gasteiger partial charge in [-0.15, -0.1) is 11.3 Å². The Morgan fingerprint density at radius 2 is 2.30 bits per heavy atom. The van der Waals surface area contributed by atoms with E-state index in [4.69, 9.17) is 4.74 Å². The van der Waals surface area contributed by atoms with Crippen molar-refractivity contribution in [1.82, 2.24) is 15.2 Å². The molecule has 6 heteroatoms. The van der Waals surface area contributed by atoms with E-state index in [0.717, 1.165) is 43.1 Å². The van der Waals surface area contributed by atoms with Crippen LogP contribution in [0.15, 0.2) is 5.38 Å². The minimum absolute atomic E-state index is 0.191. The maximum Gasteiger partial charge on any atom is 0.410 e. The number of carbonyl (C=O) groups is 1. The maximum atomic E-state index is 12.3. The van der Waals surface area contributed by atoms with Crippen LogP contribution in [0, 0.1) is 6.92 Å². The van der Waals surface area contributed by atoms with Crippen LogP contribution in [-0.2, 0) is 11.2 Å². The minimum atomic E-state index is -0.441. The molecule has 1 amide bonds. The fraction of sp³-hybridized carbons (Fsp3) is 0.765. The molecule has 0 saturated carbocycles. The summed E-state index contributed by atoms with van der Waals surface area (Å²) in [6.07, 6.45) is 2.81. The molecular weight excluding hydrogens is 310 g/mol. The highest BCUT2D eigenvalue weighted by atomic mass is 32.1. The van der Waals surface area contributed by atoms with Crippen LogP contribution in [0.5, 0.6) is 0 Å². The molecule has 0 radical (unpaired) electrons. The SMILES string of the molecule is Cc1nc(CCN[C@@H](C)[C@@H]2CCCN2C(=O)OC(C)(C)C)cs1. The Balaban J connectivity index is 1.82. The van der Waals surface area contributed by atoms with Gasteiger partial charge >= 0.3 is 6.09 Å². The Morgan fingerprint density at radius 1 is 1.57 bits per heavy atom. The van der Waals surface area contributed by atoms with Gasteiger partial charge in [-0.05, 0) is 47.5 Å². The van der Waals surface area contributed by atoms with E-state index in [2.05, 4.69) is 22.6 Å². The first-order valence-electron chi connectivity index (χ1n) is 8.40. The van der Waals surface area contributed by atoms with Gasteiger partial charge in [0.2, 0.25) is 0 Å².